The molecule has 0 unspecified atom stereocenters. The second-order valence-corrected chi connectivity index (χ2v) is 18.1. The predicted molar refractivity (Wildman–Crippen MR) is 177 cm³/mol. The van der Waals surface area contributed by atoms with Crippen LogP contribution < -0.4 is 14.2 Å². The van der Waals surface area contributed by atoms with Gasteiger partial charge in [-0.3, -0.25) is 0 Å². The van der Waals surface area contributed by atoms with E-state index in [2.05, 4.69) is 0 Å². The molecule has 0 saturated heterocycles. The van der Waals surface area contributed by atoms with Gasteiger partial charge in [-0.25, -0.2) is 12.4 Å². The fourth-order valence-electron chi connectivity index (χ4n) is 4.53. The lowest BCUT2D eigenvalue weighted by Crippen LogP contribution is -2.23. The van der Waals surface area contributed by atoms with Gasteiger partial charge in [0, 0.05) is 20.8 Å². The van der Waals surface area contributed by atoms with Crippen molar-refractivity contribution in [3.63, 3.8) is 0 Å². The molecule has 0 heterocycles. The van der Waals surface area contributed by atoms with Gasteiger partial charge >= 0.3 is 10.1 Å². The molecule has 4 rings (SSSR count). The SMILES string of the molecule is CC(C)(C)Oc1ccc(S(OS(=O)(=O)c2ccc(F)cc2F)(c2ccc(OC(C)(C)C)cc2)c2ccc(OC(C)(C)C)cc2)cc1. The highest BCUT2D eigenvalue weighted by atomic mass is 32.3. The standard InChI is InChI=1S/C36H42F2O6S2/c1-34(2,3)41-26-11-17-29(18-12-26)45(30-19-13-27(14-20-30)42-35(4,5)6,31-21-15-28(16-22-31)43-36(7,8)9)44-46(39,40)33-23-10-25(37)24-32(33)38/h10-24H,1-9H3. The van der Waals surface area contributed by atoms with Crippen molar-refractivity contribution in [2.45, 2.75) is 98.7 Å². The molecule has 10 heteroatoms. The predicted octanol–water partition coefficient (Wildman–Crippen LogP) is 10.1. The largest absolute Gasteiger partial charge is 0.488 e. The Balaban J connectivity index is 2.00. The molecular formula is C36H42F2O6S2. The van der Waals surface area contributed by atoms with Gasteiger partial charge in [-0.2, -0.15) is 8.42 Å². The molecule has 46 heavy (non-hydrogen) atoms. The summed E-state index contributed by atoms with van der Waals surface area (Å²) < 4.78 is 81.3. The number of benzene rings is 4. The van der Waals surface area contributed by atoms with E-state index in [0.29, 0.717) is 38.0 Å². The summed E-state index contributed by atoms with van der Waals surface area (Å²) in [5.74, 6) is -0.460. The lowest BCUT2D eigenvalue weighted by atomic mass is 10.2. The minimum Gasteiger partial charge on any atom is -0.488 e. The van der Waals surface area contributed by atoms with Crippen LogP contribution in [-0.4, -0.2) is 25.2 Å². The van der Waals surface area contributed by atoms with E-state index in [9.17, 15) is 12.8 Å². The van der Waals surface area contributed by atoms with Gasteiger partial charge in [-0.05, 0) is 158 Å². The van der Waals surface area contributed by atoms with Crippen molar-refractivity contribution in [2.24, 2.45) is 0 Å². The zero-order chi connectivity index (χ0) is 34.1. The van der Waals surface area contributed by atoms with Crippen LogP contribution in [0.1, 0.15) is 62.3 Å². The Bertz CT molecular complexity index is 1610. The summed E-state index contributed by atoms with van der Waals surface area (Å²) in [5.41, 5.74) is -1.43. The number of hydrogen-bond donors (Lipinski definition) is 0. The molecule has 0 N–H and O–H groups in total. The van der Waals surface area contributed by atoms with E-state index in [4.69, 9.17) is 17.8 Å². The molecule has 0 aliphatic rings. The molecule has 248 valence electrons. The van der Waals surface area contributed by atoms with Crippen LogP contribution in [-0.2, 0) is 13.7 Å². The smallest absolute Gasteiger partial charge is 0.310 e. The fourth-order valence-corrected chi connectivity index (χ4v) is 9.75. The number of hydrogen-bond acceptors (Lipinski definition) is 6. The summed E-state index contributed by atoms with van der Waals surface area (Å²) in [6, 6.07) is 23.2. The summed E-state index contributed by atoms with van der Waals surface area (Å²) in [4.78, 5) is 0.704. The second kappa shape index (κ2) is 12.9. The van der Waals surface area contributed by atoms with Crippen molar-refractivity contribution in [3.8, 4) is 17.2 Å². The maximum absolute atomic E-state index is 15.0. The van der Waals surface area contributed by atoms with Crippen molar-refractivity contribution in [1.82, 2.24) is 0 Å². The second-order valence-electron chi connectivity index (χ2n) is 13.7. The first kappa shape index (κ1) is 35.3. The molecule has 4 aromatic carbocycles. The van der Waals surface area contributed by atoms with E-state index in [1.807, 2.05) is 62.3 Å². The number of rotatable bonds is 9. The Morgan fingerprint density at radius 3 is 1.11 bits per heavy atom. The molecule has 0 aliphatic carbocycles. The highest BCUT2D eigenvalue weighted by Gasteiger charge is 2.40. The van der Waals surface area contributed by atoms with E-state index in [-0.39, 0.29) is 0 Å². The van der Waals surface area contributed by atoms with Crippen LogP contribution in [0, 0.1) is 11.6 Å². The molecule has 0 atom stereocenters. The van der Waals surface area contributed by atoms with Crippen LogP contribution >= 0.6 is 10.3 Å². The lowest BCUT2D eigenvalue weighted by molar-refractivity contribution is 0.130. The quantitative estimate of drug-likeness (QED) is 0.176. The van der Waals surface area contributed by atoms with E-state index in [0.717, 1.165) is 12.1 Å². The van der Waals surface area contributed by atoms with Crippen LogP contribution in [0.2, 0.25) is 0 Å². The molecule has 0 bridgehead atoms. The minimum atomic E-state index is -4.82. The molecule has 6 nitrogen and oxygen atoms in total. The van der Waals surface area contributed by atoms with Gasteiger partial charge in [0.15, 0.2) is 0 Å². The molecule has 0 spiro atoms. The highest BCUT2D eigenvalue weighted by Crippen LogP contribution is 2.70. The third-order valence-electron chi connectivity index (χ3n) is 6.09. The first-order chi connectivity index (χ1) is 21.2. The normalized spacial score (nSPS) is 13.3. The Hall–Kier alpha value is -3.60. The average Bonchev–Trinajstić information content (AvgIpc) is 2.90. The molecule has 0 amide bonds. The maximum Gasteiger partial charge on any atom is 0.310 e. The van der Waals surface area contributed by atoms with Gasteiger partial charge in [0.25, 0.3) is 0 Å². The molecule has 0 aliphatic heterocycles. The van der Waals surface area contributed by atoms with Gasteiger partial charge in [-0.15, -0.1) is 0 Å². The monoisotopic (exact) mass is 672 g/mol. The van der Waals surface area contributed by atoms with E-state index in [1.54, 1.807) is 72.8 Å². The molecule has 0 radical (unpaired) electrons. The zero-order valence-corrected chi connectivity index (χ0v) is 29.3. The Morgan fingerprint density at radius 1 is 0.500 bits per heavy atom. The third-order valence-corrected chi connectivity index (χ3v) is 11.3. The zero-order valence-electron chi connectivity index (χ0n) is 27.7. The maximum atomic E-state index is 15.0. The van der Waals surface area contributed by atoms with E-state index >= 15 is 4.39 Å². The van der Waals surface area contributed by atoms with Gasteiger partial charge in [0.05, 0.1) is 0 Å². The van der Waals surface area contributed by atoms with Gasteiger partial charge in [0.2, 0.25) is 0 Å². The van der Waals surface area contributed by atoms with Crippen LogP contribution in [0.25, 0.3) is 0 Å². The van der Waals surface area contributed by atoms with Crippen molar-refractivity contribution in [2.75, 3.05) is 0 Å². The highest BCUT2D eigenvalue weighted by molar-refractivity contribution is 8.33. The van der Waals surface area contributed by atoms with Crippen LogP contribution in [0.3, 0.4) is 0 Å². The topological polar surface area (TPSA) is 71.1 Å². The van der Waals surface area contributed by atoms with E-state index < -0.39 is 53.8 Å². The Labute approximate surface area is 273 Å². The first-order valence-electron chi connectivity index (χ1n) is 14.8. The Morgan fingerprint density at radius 2 is 0.826 bits per heavy atom. The van der Waals surface area contributed by atoms with Crippen LogP contribution in [0.4, 0.5) is 8.78 Å². The first-order valence-corrected chi connectivity index (χ1v) is 17.8. The van der Waals surface area contributed by atoms with Crippen LogP contribution in [0.15, 0.2) is 111 Å². The summed E-state index contributed by atoms with van der Waals surface area (Å²) in [5, 5.41) is 0. The Kier molecular flexibility index (Phi) is 9.88. The number of ether oxygens (including phenoxy) is 3. The van der Waals surface area contributed by atoms with Gasteiger partial charge < -0.3 is 14.2 Å². The fraction of sp³-hybridized carbons (Fsp3) is 0.333. The minimum absolute atomic E-state index is 0.475. The summed E-state index contributed by atoms with van der Waals surface area (Å²) in [7, 11) is -7.99. The summed E-state index contributed by atoms with van der Waals surface area (Å²) in [6.45, 7) is 17.3. The average molecular weight is 673 g/mol. The molecule has 4 aromatic rings. The third kappa shape index (κ3) is 8.80. The number of halogens is 2. The van der Waals surface area contributed by atoms with Crippen molar-refractivity contribution < 1.29 is 35.0 Å². The van der Waals surface area contributed by atoms with Crippen molar-refractivity contribution in [3.05, 3.63) is 103 Å². The van der Waals surface area contributed by atoms with Gasteiger partial charge in [-0.1, -0.05) is 0 Å². The lowest BCUT2D eigenvalue weighted by Gasteiger charge is -2.39. The molecular weight excluding hydrogens is 631 g/mol. The van der Waals surface area contributed by atoms with Crippen molar-refractivity contribution in [1.29, 1.82) is 0 Å². The van der Waals surface area contributed by atoms with E-state index in [1.165, 1.54) is 0 Å². The van der Waals surface area contributed by atoms with Crippen LogP contribution in [0.5, 0.6) is 17.2 Å². The summed E-state index contributed by atoms with van der Waals surface area (Å²) in [6.07, 6.45) is 0. The van der Waals surface area contributed by atoms with Gasteiger partial charge in [0.1, 0.15) is 50.6 Å². The van der Waals surface area contributed by atoms with Crippen molar-refractivity contribution >= 4 is 20.4 Å². The molecule has 0 aromatic heterocycles. The molecule has 0 fully saturated rings. The molecule has 0 saturated carbocycles. The summed E-state index contributed by atoms with van der Waals surface area (Å²) >= 11 is 0.